The standard InChI is InChI=1S/C18H29N3O4.HI/c1-3-19-17(21-12-18(7-9-22)8-10-25-13-18)20-11-14-5-4-6-15(24-2)16(14)23;/h4-6,22-23H,3,7-13H2,1-2H3,(H2,19,20,21);1H. The van der Waals surface area contributed by atoms with E-state index in [1.807, 2.05) is 19.1 Å². The van der Waals surface area contributed by atoms with Crippen molar-refractivity contribution in [1.29, 1.82) is 0 Å². The minimum Gasteiger partial charge on any atom is -0.504 e. The van der Waals surface area contributed by atoms with Gasteiger partial charge in [0.15, 0.2) is 17.5 Å². The number of aliphatic hydroxyl groups excluding tert-OH is 1. The maximum Gasteiger partial charge on any atom is 0.191 e. The van der Waals surface area contributed by atoms with Gasteiger partial charge in [0.1, 0.15) is 0 Å². The molecular weight excluding hydrogens is 449 g/mol. The Bertz CT molecular complexity index is 578. The van der Waals surface area contributed by atoms with Crippen LogP contribution in [0.5, 0.6) is 11.5 Å². The number of benzene rings is 1. The number of halogens is 1. The van der Waals surface area contributed by atoms with Crippen molar-refractivity contribution in [2.24, 2.45) is 10.4 Å². The minimum atomic E-state index is -0.0525. The van der Waals surface area contributed by atoms with Crippen molar-refractivity contribution in [3.8, 4) is 11.5 Å². The number of hydrogen-bond acceptors (Lipinski definition) is 5. The van der Waals surface area contributed by atoms with E-state index in [0.29, 0.717) is 43.4 Å². The average molecular weight is 479 g/mol. The third-order valence-corrected chi connectivity index (χ3v) is 4.51. The molecule has 1 saturated heterocycles. The van der Waals surface area contributed by atoms with E-state index in [4.69, 9.17) is 9.47 Å². The van der Waals surface area contributed by atoms with Gasteiger partial charge in [-0.25, -0.2) is 4.99 Å². The van der Waals surface area contributed by atoms with Crippen molar-refractivity contribution in [2.45, 2.75) is 26.3 Å². The van der Waals surface area contributed by atoms with Crippen LogP contribution in [0.4, 0.5) is 0 Å². The first-order chi connectivity index (χ1) is 12.1. The number of nitrogens with one attached hydrogen (secondary N) is 2. The fraction of sp³-hybridized carbons (Fsp3) is 0.611. The van der Waals surface area contributed by atoms with E-state index >= 15 is 0 Å². The van der Waals surface area contributed by atoms with Crippen LogP contribution in [0, 0.1) is 5.41 Å². The summed E-state index contributed by atoms with van der Waals surface area (Å²) in [6.45, 7) is 5.28. The fourth-order valence-electron chi connectivity index (χ4n) is 2.95. The lowest BCUT2D eigenvalue weighted by Crippen LogP contribution is -2.44. The predicted molar refractivity (Wildman–Crippen MR) is 112 cm³/mol. The van der Waals surface area contributed by atoms with Crippen LogP contribution in [0.15, 0.2) is 23.2 Å². The molecule has 0 saturated carbocycles. The van der Waals surface area contributed by atoms with Crippen LogP contribution in [0.3, 0.4) is 0 Å². The monoisotopic (exact) mass is 479 g/mol. The zero-order valence-electron chi connectivity index (χ0n) is 15.5. The normalized spacial score (nSPS) is 19.7. The molecule has 1 atom stereocenters. The summed E-state index contributed by atoms with van der Waals surface area (Å²) >= 11 is 0. The molecule has 1 unspecified atom stereocenters. The number of methoxy groups -OCH3 is 1. The van der Waals surface area contributed by atoms with Crippen LogP contribution < -0.4 is 15.4 Å². The summed E-state index contributed by atoms with van der Waals surface area (Å²) in [6.07, 6.45) is 1.63. The Kier molecular flexibility index (Phi) is 10.0. The lowest BCUT2D eigenvalue weighted by atomic mass is 9.84. The van der Waals surface area contributed by atoms with Crippen molar-refractivity contribution < 1.29 is 19.7 Å². The molecule has 1 aliphatic rings. The number of ether oxygens (including phenoxy) is 2. The number of para-hydroxylation sites is 1. The topological polar surface area (TPSA) is 95.3 Å². The molecule has 0 aliphatic carbocycles. The molecule has 1 aromatic carbocycles. The van der Waals surface area contributed by atoms with E-state index in [2.05, 4.69) is 15.6 Å². The van der Waals surface area contributed by atoms with E-state index in [-0.39, 0.29) is 41.7 Å². The summed E-state index contributed by atoms with van der Waals surface area (Å²) in [7, 11) is 1.53. The van der Waals surface area contributed by atoms with E-state index in [1.165, 1.54) is 7.11 Å². The Morgan fingerprint density at radius 3 is 2.81 bits per heavy atom. The number of aromatic hydroxyl groups is 1. The van der Waals surface area contributed by atoms with Crippen molar-refractivity contribution in [3.05, 3.63) is 23.8 Å². The van der Waals surface area contributed by atoms with Gasteiger partial charge in [-0.15, -0.1) is 24.0 Å². The number of aliphatic imine (C=N–C) groups is 1. The van der Waals surface area contributed by atoms with Crippen molar-refractivity contribution in [3.63, 3.8) is 0 Å². The average Bonchev–Trinajstić information content (AvgIpc) is 3.07. The summed E-state index contributed by atoms with van der Waals surface area (Å²) in [4.78, 5) is 4.55. The highest BCUT2D eigenvalue weighted by molar-refractivity contribution is 14.0. The molecule has 8 heteroatoms. The molecule has 1 aromatic rings. The van der Waals surface area contributed by atoms with E-state index in [9.17, 15) is 10.2 Å². The third kappa shape index (κ3) is 6.17. The number of rotatable bonds is 8. The van der Waals surface area contributed by atoms with Gasteiger partial charge in [0, 0.05) is 37.3 Å². The summed E-state index contributed by atoms with van der Waals surface area (Å²) in [5, 5.41) is 26.0. The van der Waals surface area contributed by atoms with Crippen molar-refractivity contribution in [2.75, 3.05) is 40.0 Å². The summed E-state index contributed by atoms with van der Waals surface area (Å²) in [6, 6.07) is 5.36. The van der Waals surface area contributed by atoms with Crippen LogP contribution in [0.2, 0.25) is 0 Å². The molecule has 0 aromatic heterocycles. The van der Waals surface area contributed by atoms with Crippen molar-refractivity contribution >= 4 is 29.9 Å². The quantitative estimate of drug-likeness (QED) is 0.259. The molecule has 1 fully saturated rings. The van der Waals surface area contributed by atoms with Crippen LogP contribution in [0.25, 0.3) is 0 Å². The molecule has 0 spiro atoms. The van der Waals surface area contributed by atoms with Gasteiger partial charge in [-0.3, -0.25) is 0 Å². The first kappa shape index (κ1) is 22.8. The smallest absolute Gasteiger partial charge is 0.191 e. The van der Waals surface area contributed by atoms with Crippen LogP contribution in [-0.4, -0.2) is 56.2 Å². The number of guanidine groups is 1. The zero-order valence-corrected chi connectivity index (χ0v) is 17.8. The van der Waals surface area contributed by atoms with Gasteiger partial charge in [0.05, 0.1) is 20.3 Å². The number of nitrogens with zero attached hydrogens (tertiary/aromatic N) is 1. The Balaban J connectivity index is 0.00000338. The second-order valence-corrected chi connectivity index (χ2v) is 6.29. The lowest BCUT2D eigenvalue weighted by molar-refractivity contribution is 0.127. The Morgan fingerprint density at radius 2 is 2.19 bits per heavy atom. The highest BCUT2D eigenvalue weighted by Crippen LogP contribution is 2.31. The molecule has 26 heavy (non-hydrogen) atoms. The second kappa shape index (κ2) is 11.5. The number of phenolic OH excluding ortho intramolecular Hbond substituents is 1. The zero-order chi connectivity index (χ0) is 18.1. The van der Waals surface area contributed by atoms with Gasteiger partial charge in [0.2, 0.25) is 0 Å². The van der Waals surface area contributed by atoms with Gasteiger partial charge in [-0.05, 0) is 25.8 Å². The molecule has 0 radical (unpaired) electrons. The highest BCUT2D eigenvalue weighted by Gasteiger charge is 2.34. The van der Waals surface area contributed by atoms with Gasteiger partial charge in [-0.1, -0.05) is 12.1 Å². The first-order valence-corrected chi connectivity index (χ1v) is 8.70. The van der Waals surface area contributed by atoms with Gasteiger partial charge >= 0.3 is 0 Å². The minimum absolute atomic E-state index is 0. The molecule has 7 nitrogen and oxygen atoms in total. The summed E-state index contributed by atoms with van der Waals surface area (Å²) in [5.74, 6) is 1.23. The number of hydrogen-bond donors (Lipinski definition) is 4. The maximum atomic E-state index is 10.2. The SMILES string of the molecule is CCNC(=NCc1cccc(OC)c1O)NCC1(CCO)CCOC1.I. The highest BCUT2D eigenvalue weighted by atomic mass is 127. The van der Waals surface area contributed by atoms with Crippen LogP contribution in [-0.2, 0) is 11.3 Å². The van der Waals surface area contributed by atoms with E-state index in [1.54, 1.807) is 6.07 Å². The van der Waals surface area contributed by atoms with E-state index < -0.39 is 0 Å². The van der Waals surface area contributed by atoms with Crippen LogP contribution in [0.1, 0.15) is 25.3 Å². The number of phenols is 1. The van der Waals surface area contributed by atoms with Crippen molar-refractivity contribution in [1.82, 2.24) is 10.6 Å². The molecule has 0 amide bonds. The molecule has 1 heterocycles. The third-order valence-electron chi connectivity index (χ3n) is 4.51. The van der Waals surface area contributed by atoms with Gasteiger partial charge in [0.25, 0.3) is 0 Å². The largest absolute Gasteiger partial charge is 0.504 e. The number of aliphatic hydroxyl groups is 1. The Morgan fingerprint density at radius 1 is 1.38 bits per heavy atom. The lowest BCUT2D eigenvalue weighted by Gasteiger charge is -2.27. The fourth-order valence-corrected chi connectivity index (χ4v) is 2.95. The second-order valence-electron chi connectivity index (χ2n) is 6.29. The summed E-state index contributed by atoms with van der Waals surface area (Å²) < 4.78 is 10.6. The van der Waals surface area contributed by atoms with Gasteiger partial charge in [-0.2, -0.15) is 0 Å². The molecular formula is C18H30IN3O4. The summed E-state index contributed by atoms with van der Waals surface area (Å²) in [5.41, 5.74) is 0.647. The predicted octanol–water partition coefficient (Wildman–Crippen LogP) is 1.86. The van der Waals surface area contributed by atoms with Gasteiger partial charge < -0.3 is 30.3 Å². The molecule has 2 rings (SSSR count). The van der Waals surface area contributed by atoms with E-state index in [0.717, 1.165) is 19.6 Å². The Labute approximate surface area is 172 Å². The Hall–Kier alpha value is -1.26. The molecule has 4 N–H and O–H groups in total. The molecule has 0 bridgehead atoms. The first-order valence-electron chi connectivity index (χ1n) is 8.70. The van der Waals surface area contributed by atoms with Crippen LogP contribution >= 0.6 is 24.0 Å². The molecule has 148 valence electrons. The maximum absolute atomic E-state index is 10.2. The molecule has 1 aliphatic heterocycles.